The molecule has 108 valence electrons. The van der Waals surface area contributed by atoms with Crippen LogP contribution in [0.4, 0.5) is 5.69 Å². The van der Waals surface area contributed by atoms with Gasteiger partial charge in [-0.2, -0.15) is 0 Å². The van der Waals surface area contributed by atoms with Crippen molar-refractivity contribution in [3.05, 3.63) is 63.6 Å². The van der Waals surface area contributed by atoms with Gasteiger partial charge in [-0.15, -0.1) is 0 Å². The van der Waals surface area contributed by atoms with Gasteiger partial charge in [0.2, 0.25) is 0 Å². The number of rotatable bonds is 3. The third kappa shape index (κ3) is 3.72. The third-order valence-electron chi connectivity index (χ3n) is 2.68. The molecule has 2 rings (SSSR count). The van der Waals surface area contributed by atoms with Crippen molar-refractivity contribution in [1.82, 2.24) is 5.48 Å². The van der Waals surface area contributed by atoms with Crippen LogP contribution in [0, 0.1) is 0 Å². The number of anilines is 1. The Kier molecular flexibility index (Phi) is 4.80. The topological polar surface area (TPSA) is 78.4 Å². The van der Waals surface area contributed by atoms with Crippen LogP contribution in [0.15, 0.2) is 42.5 Å². The van der Waals surface area contributed by atoms with Crippen LogP contribution >= 0.6 is 23.2 Å². The maximum atomic E-state index is 12.2. The number of carbonyl (C=O) groups is 2. The van der Waals surface area contributed by atoms with Gasteiger partial charge in [-0.1, -0.05) is 23.2 Å². The van der Waals surface area contributed by atoms with Gasteiger partial charge in [0.15, 0.2) is 0 Å². The van der Waals surface area contributed by atoms with Gasteiger partial charge in [-0.3, -0.25) is 14.8 Å². The lowest BCUT2D eigenvalue weighted by atomic mass is 10.1. The van der Waals surface area contributed by atoms with Gasteiger partial charge in [-0.25, -0.2) is 5.48 Å². The van der Waals surface area contributed by atoms with Gasteiger partial charge >= 0.3 is 0 Å². The van der Waals surface area contributed by atoms with E-state index in [9.17, 15) is 9.59 Å². The van der Waals surface area contributed by atoms with Gasteiger partial charge in [0, 0.05) is 16.3 Å². The smallest absolute Gasteiger partial charge is 0.274 e. The molecule has 0 aliphatic heterocycles. The number of benzene rings is 2. The Morgan fingerprint density at radius 1 is 0.952 bits per heavy atom. The molecule has 0 bridgehead atoms. The zero-order chi connectivity index (χ0) is 15.4. The molecule has 0 radical (unpaired) electrons. The fraction of sp³-hybridized carbons (Fsp3) is 0. The van der Waals surface area contributed by atoms with Crippen LogP contribution in [0.25, 0.3) is 0 Å². The number of hydrogen-bond acceptors (Lipinski definition) is 3. The first kappa shape index (κ1) is 15.3. The molecule has 0 saturated heterocycles. The fourth-order valence-corrected chi connectivity index (χ4v) is 1.97. The summed E-state index contributed by atoms with van der Waals surface area (Å²) in [5, 5.41) is 12.0. The van der Waals surface area contributed by atoms with Crippen molar-refractivity contribution >= 4 is 40.7 Å². The molecular formula is C14H10Cl2N2O3. The maximum absolute atomic E-state index is 12.2. The lowest BCUT2D eigenvalue weighted by molar-refractivity contribution is 0.0706. The highest BCUT2D eigenvalue weighted by Gasteiger charge is 2.14. The van der Waals surface area contributed by atoms with Crippen LogP contribution < -0.4 is 10.8 Å². The lowest BCUT2D eigenvalue weighted by Gasteiger charge is -2.08. The van der Waals surface area contributed by atoms with E-state index < -0.39 is 11.8 Å². The van der Waals surface area contributed by atoms with Crippen molar-refractivity contribution < 1.29 is 14.8 Å². The highest BCUT2D eigenvalue weighted by Crippen LogP contribution is 2.20. The second-order valence-electron chi connectivity index (χ2n) is 4.10. The normalized spacial score (nSPS) is 10.0. The summed E-state index contributed by atoms with van der Waals surface area (Å²) in [6.07, 6.45) is 0. The fourth-order valence-electron chi connectivity index (χ4n) is 1.64. The molecule has 2 aromatic carbocycles. The molecule has 0 spiro atoms. The Labute approximate surface area is 130 Å². The van der Waals surface area contributed by atoms with Gasteiger partial charge in [0.1, 0.15) is 0 Å². The van der Waals surface area contributed by atoms with E-state index in [1.807, 2.05) is 0 Å². The van der Waals surface area contributed by atoms with E-state index >= 15 is 0 Å². The van der Waals surface area contributed by atoms with E-state index in [-0.39, 0.29) is 16.1 Å². The molecule has 0 heterocycles. The summed E-state index contributed by atoms with van der Waals surface area (Å²) in [6.45, 7) is 0. The standard InChI is InChI=1S/C14H10Cl2N2O3/c15-9-2-4-10(5-3-9)17-14(20)11-7-8(13(19)18-21)1-6-12(11)16/h1-7,21H,(H,17,20)(H,18,19). The summed E-state index contributed by atoms with van der Waals surface area (Å²) >= 11 is 11.7. The van der Waals surface area contributed by atoms with Crippen LogP contribution in [0.3, 0.4) is 0 Å². The van der Waals surface area contributed by atoms with Gasteiger partial charge < -0.3 is 5.32 Å². The van der Waals surface area contributed by atoms with Crippen molar-refractivity contribution in [2.24, 2.45) is 0 Å². The second kappa shape index (κ2) is 6.58. The highest BCUT2D eigenvalue weighted by molar-refractivity contribution is 6.34. The zero-order valence-electron chi connectivity index (χ0n) is 10.6. The maximum Gasteiger partial charge on any atom is 0.274 e. The van der Waals surface area contributed by atoms with E-state index in [4.69, 9.17) is 28.4 Å². The van der Waals surface area contributed by atoms with E-state index in [1.54, 1.807) is 24.3 Å². The molecule has 0 aliphatic rings. The van der Waals surface area contributed by atoms with Crippen LogP contribution in [-0.4, -0.2) is 17.0 Å². The molecule has 0 aromatic heterocycles. The van der Waals surface area contributed by atoms with Crippen molar-refractivity contribution in [3.8, 4) is 0 Å². The summed E-state index contributed by atoms with van der Waals surface area (Å²) in [7, 11) is 0. The first-order valence-corrected chi connectivity index (χ1v) is 6.58. The number of carbonyl (C=O) groups excluding carboxylic acids is 2. The number of halogens is 2. The molecule has 2 aromatic rings. The number of hydrogen-bond donors (Lipinski definition) is 3. The minimum atomic E-state index is -0.729. The molecule has 2 amide bonds. The monoisotopic (exact) mass is 324 g/mol. The van der Waals surface area contributed by atoms with E-state index in [2.05, 4.69) is 5.32 Å². The average molecular weight is 325 g/mol. The van der Waals surface area contributed by atoms with Crippen molar-refractivity contribution in [2.45, 2.75) is 0 Å². The first-order valence-electron chi connectivity index (χ1n) is 5.82. The predicted octanol–water partition coefficient (Wildman–Crippen LogP) is 3.36. The van der Waals surface area contributed by atoms with Crippen molar-refractivity contribution in [1.29, 1.82) is 0 Å². The van der Waals surface area contributed by atoms with Crippen LogP contribution in [0.2, 0.25) is 10.0 Å². The SMILES string of the molecule is O=C(NO)c1ccc(Cl)c(C(=O)Nc2ccc(Cl)cc2)c1. The number of amides is 2. The average Bonchev–Trinajstić information content (AvgIpc) is 2.49. The van der Waals surface area contributed by atoms with Gasteiger partial charge in [0.25, 0.3) is 11.8 Å². The molecule has 21 heavy (non-hydrogen) atoms. The van der Waals surface area contributed by atoms with E-state index in [1.165, 1.54) is 23.7 Å². The summed E-state index contributed by atoms with van der Waals surface area (Å²) in [6, 6.07) is 10.6. The Morgan fingerprint density at radius 2 is 1.62 bits per heavy atom. The highest BCUT2D eigenvalue weighted by atomic mass is 35.5. The Morgan fingerprint density at radius 3 is 2.24 bits per heavy atom. The molecule has 0 atom stereocenters. The van der Waals surface area contributed by atoms with Gasteiger partial charge in [0.05, 0.1) is 10.6 Å². The summed E-state index contributed by atoms with van der Waals surface area (Å²) in [5.74, 6) is -1.21. The van der Waals surface area contributed by atoms with Crippen molar-refractivity contribution in [3.63, 3.8) is 0 Å². The third-order valence-corrected chi connectivity index (χ3v) is 3.26. The Bertz CT molecular complexity index is 687. The molecule has 3 N–H and O–H groups in total. The zero-order valence-corrected chi connectivity index (χ0v) is 12.1. The minimum Gasteiger partial charge on any atom is -0.322 e. The molecule has 0 aliphatic carbocycles. The Hall–Kier alpha value is -2.08. The second-order valence-corrected chi connectivity index (χ2v) is 4.94. The van der Waals surface area contributed by atoms with E-state index in [0.29, 0.717) is 10.7 Å². The quantitative estimate of drug-likeness (QED) is 0.598. The Balaban J connectivity index is 2.26. The molecule has 0 unspecified atom stereocenters. The van der Waals surface area contributed by atoms with Gasteiger partial charge in [-0.05, 0) is 42.5 Å². The summed E-state index contributed by atoms with van der Waals surface area (Å²) in [4.78, 5) is 23.5. The first-order chi connectivity index (χ1) is 10.0. The summed E-state index contributed by atoms with van der Waals surface area (Å²) in [5.41, 5.74) is 2.27. The predicted molar refractivity (Wildman–Crippen MR) is 80.1 cm³/mol. The van der Waals surface area contributed by atoms with Crippen molar-refractivity contribution in [2.75, 3.05) is 5.32 Å². The molecule has 5 nitrogen and oxygen atoms in total. The lowest BCUT2D eigenvalue weighted by Crippen LogP contribution is -2.20. The summed E-state index contributed by atoms with van der Waals surface area (Å²) < 4.78 is 0. The molecule has 0 saturated carbocycles. The number of nitrogens with one attached hydrogen (secondary N) is 2. The molecular weight excluding hydrogens is 315 g/mol. The number of hydroxylamine groups is 1. The molecule has 0 fully saturated rings. The molecule has 7 heteroatoms. The minimum absolute atomic E-state index is 0.114. The van der Waals surface area contributed by atoms with E-state index in [0.717, 1.165) is 0 Å². The van der Waals surface area contributed by atoms with Crippen LogP contribution in [0.1, 0.15) is 20.7 Å². The van der Waals surface area contributed by atoms with Crippen LogP contribution in [-0.2, 0) is 0 Å². The largest absolute Gasteiger partial charge is 0.322 e. The van der Waals surface area contributed by atoms with Crippen LogP contribution in [0.5, 0.6) is 0 Å².